The van der Waals surface area contributed by atoms with Crippen LogP contribution in [0.2, 0.25) is 0 Å². The van der Waals surface area contributed by atoms with E-state index in [2.05, 4.69) is 25.7 Å². The van der Waals surface area contributed by atoms with Crippen LogP contribution in [0, 0.1) is 24.1 Å². The number of aryl methyl sites for hydroxylation is 2. The van der Waals surface area contributed by atoms with Crippen molar-refractivity contribution in [3.8, 4) is 17.3 Å². The van der Waals surface area contributed by atoms with Crippen molar-refractivity contribution in [3.63, 3.8) is 0 Å². The van der Waals surface area contributed by atoms with Crippen LogP contribution in [0.25, 0.3) is 11.3 Å². The van der Waals surface area contributed by atoms with E-state index in [9.17, 15) is 9.18 Å². The van der Waals surface area contributed by atoms with Gasteiger partial charge in [-0.15, -0.1) is 0 Å². The molecule has 2 N–H and O–H groups in total. The fraction of sp³-hybridized carbons (Fsp3) is 0.167. The second-order valence-electron chi connectivity index (χ2n) is 5.79. The molecule has 0 spiro atoms. The van der Waals surface area contributed by atoms with E-state index in [1.807, 2.05) is 6.92 Å². The number of benzene rings is 1. The van der Waals surface area contributed by atoms with Crippen molar-refractivity contribution in [2.24, 2.45) is 7.05 Å². The molecule has 0 bridgehead atoms. The van der Waals surface area contributed by atoms with E-state index in [-0.39, 0.29) is 12.1 Å². The number of nitrogens with zero attached hydrogens (tertiary/aromatic N) is 5. The lowest BCUT2D eigenvalue weighted by atomic mass is 10.0. The zero-order chi connectivity index (χ0) is 19.4. The van der Waals surface area contributed by atoms with Crippen LogP contribution in [0.1, 0.15) is 15.9 Å². The summed E-state index contributed by atoms with van der Waals surface area (Å²) >= 11 is 0. The first-order valence-corrected chi connectivity index (χ1v) is 8.02. The van der Waals surface area contributed by atoms with Gasteiger partial charge < -0.3 is 10.6 Å². The van der Waals surface area contributed by atoms with Gasteiger partial charge in [-0.3, -0.25) is 9.48 Å². The van der Waals surface area contributed by atoms with Crippen LogP contribution in [0.3, 0.4) is 0 Å². The molecule has 0 fully saturated rings. The van der Waals surface area contributed by atoms with Gasteiger partial charge in [-0.05, 0) is 24.6 Å². The van der Waals surface area contributed by atoms with Crippen molar-refractivity contribution in [1.82, 2.24) is 25.1 Å². The average molecular weight is 365 g/mol. The summed E-state index contributed by atoms with van der Waals surface area (Å²) in [5, 5.41) is 17.9. The Hall–Kier alpha value is -3.80. The van der Waals surface area contributed by atoms with Gasteiger partial charge >= 0.3 is 0 Å². The van der Waals surface area contributed by atoms with Gasteiger partial charge in [0.25, 0.3) is 5.91 Å². The molecule has 0 saturated heterocycles. The molecule has 0 aliphatic heterocycles. The summed E-state index contributed by atoms with van der Waals surface area (Å²) in [5.74, 6) is -0.985. The molecule has 3 rings (SSSR count). The topological polar surface area (TPSA) is 109 Å². The number of anilines is 2. The summed E-state index contributed by atoms with van der Waals surface area (Å²) in [5.41, 5.74) is 2.41. The molecule has 1 aromatic carbocycles. The number of halogens is 1. The second kappa shape index (κ2) is 7.61. The molecule has 2 aromatic heterocycles. The lowest BCUT2D eigenvalue weighted by Gasteiger charge is -2.10. The Labute approximate surface area is 154 Å². The Balaban J connectivity index is 1.89. The Morgan fingerprint density at radius 2 is 2.19 bits per heavy atom. The maximum Gasteiger partial charge on any atom is 0.255 e. The summed E-state index contributed by atoms with van der Waals surface area (Å²) in [6.45, 7) is 1.63. The first-order valence-electron chi connectivity index (χ1n) is 8.02. The van der Waals surface area contributed by atoms with Crippen LogP contribution >= 0.6 is 0 Å². The Bertz CT molecular complexity index is 1040. The van der Waals surface area contributed by atoms with Crippen LogP contribution in [0.4, 0.5) is 16.0 Å². The number of carbonyl (C=O) groups is 1. The molecule has 1 amide bonds. The van der Waals surface area contributed by atoms with Gasteiger partial charge in [0.15, 0.2) is 0 Å². The monoisotopic (exact) mass is 365 g/mol. The second-order valence-corrected chi connectivity index (χ2v) is 5.79. The third-order valence-electron chi connectivity index (χ3n) is 3.75. The Kier molecular flexibility index (Phi) is 5.08. The zero-order valence-corrected chi connectivity index (χ0v) is 14.7. The highest BCUT2D eigenvalue weighted by Gasteiger charge is 2.14. The van der Waals surface area contributed by atoms with Crippen molar-refractivity contribution in [1.29, 1.82) is 5.26 Å². The fourth-order valence-corrected chi connectivity index (χ4v) is 2.47. The minimum atomic E-state index is -0.692. The first-order chi connectivity index (χ1) is 13.0. The molecule has 0 atom stereocenters. The maximum absolute atomic E-state index is 14.4. The zero-order valence-electron chi connectivity index (χ0n) is 14.7. The van der Waals surface area contributed by atoms with E-state index < -0.39 is 11.7 Å². The number of nitrogens with one attached hydrogen (secondary N) is 2. The van der Waals surface area contributed by atoms with Gasteiger partial charge in [0, 0.05) is 25.0 Å². The van der Waals surface area contributed by atoms with Crippen LogP contribution in [0.5, 0.6) is 0 Å². The number of nitriles is 1. The van der Waals surface area contributed by atoms with Crippen LogP contribution in [-0.2, 0) is 7.05 Å². The molecule has 0 aliphatic carbocycles. The van der Waals surface area contributed by atoms with Crippen molar-refractivity contribution in [2.75, 3.05) is 11.9 Å². The number of hydrogen-bond donors (Lipinski definition) is 2. The smallest absolute Gasteiger partial charge is 0.255 e. The molecule has 8 nitrogen and oxygen atoms in total. The molecule has 0 saturated carbocycles. The SMILES string of the molecule is Cc1cnc(Nc2cnn(C)c2)nc1-c1ccc(C(=O)NCC#N)c(F)c1. The van der Waals surface area contributed by atoms with Gasteiger partial charge in [0.2, 0.25) is 5.95 Å². The summed E-state index contributed by atoms with van der Waals surface area (Å²) in [4.78, 5) is 20.5. The van der Waals surface area contributed by atoms with E-state index in [4.69, 9.17) is 5.26 Å². The highest BCUT2D eigenvalue weighted by Crippen LogP contribution is 2.25. The van der Waals surface area contributed by atoms with Crippen molar-refractivity contribution < 1.29 is 9.18 Å². The lowest BCUT2D eigenvalue weighted by Crippen LogP contribution is -2.24. The number of rotatable bonds is 5. The third kappa shape index (κ3) is 4.07. The van der Waals surface area contributed by atoms with Gasteiger partial charge in [-0.25, -0.2) is 14.4 Å². The van der Waals surface area contributed by atoms with E-state index in [0.29, 0.717) is 17.2 Å². The number of aromatic nitrogens is 4. The van der Waals surface area contributed by atoms with Gasteiger partial charge in [0.05, 0.1) is 29.2 Å². The van der Waals surface area contributed by atoms with E-state index in [1.54, 1.807) is 42.5 Å². The van der Waals surface area contributed by atoms with Crippen LogP contribution in [-0.4, -0.2) is 32.2 Å². The summed E-state index contributed by atoms with van der Waals surface area (Å²) in [6.07, 6.45) is 5.04. The molecule has 9 heteroatoms. The largest absolute Gasteiger partial charge is 0.339 e. The van der Waals surface area contributed by atoms with Crippen molar-refractivity contribution in [2.45, 2.75) is 6.92 Å². The van der Waals surface area contributed by atoms with Gasteiger partial charge in [0.1, 0.15) is 12.4 Å². The molecular formula is C18H16FN7O. The summed E-state index contributed by atoms with van der Waals surface area (Å²) < 4.78 is 16.0. The average Bonchev–Trinajstić information content (AvgIpc) is 3.06. The Morgan fingerprint density at radius 1 is 1.37 bits per heavy atom. The summed E-state index contributed by atoms with van der Waals surface area (Å²) in [6, 6.07) is 5.99. The predicted octanol–water partition coefficient (Wildman–Crippen LogP) is 2.32. The molecule has 2 heterocycles. The molecule has 0 aliphatic rings. The number of hydrogen-bond acceptors (Lipinski definition) is 6. The summed E-state index contributed by atoms with van der Waals surface area (Å²) in [7, 11) is 1.80. The van der Waals surface area contributed by atoms with Crippen LogP contribution in [0.15, 0.2) is 36.8 Å². The quantitative estimate of drug-likeness (QED) is 0.672. The fourth-order valence-electron chi connectivity index (χ4n) is 2.47. The highest BCUT2D eigenvalue weighted by atomic mass is 19.1. The third-order valence-corrected chi connectivity index (χ3v) is 3.75. The first kappa shape index (κ1) is 18.0. The Morgan fingerprint density at radius 3 is 2.85 bits per heavy atom. The molecule has 0 radical (unpaired) electrons. The number of amides is 1. The maximum atomic E-state index is 14.4. The van der Waals surface area contributed by atoms with E-state index in [1.165, 1.54) is 12.1 Å². The van der Waals surface area contributed by atoms with Crippen LogP contribution < -0.4 is 10.6 Å². The highest BCUT2D eigenvalue weighted by molar-refractivity contribution is 5.95. The van der Waals surface area contributed by atoms with Crippen molar-refractivity contribution >= 4 is 17.5 Å². The van der Waals surface area contributed by atoms with Crippen molar-refractivity contribution in [3.05, 3.63) is 53.7 Å². The lowest BCUT2D eigenvalue weighted by molar-refractivity contribution is 0.0954. The predicted molar refractivity (Wildman–Crippen MR) is 96.6 cm³/mol. The molecule has 3 aromatic rings. The molecular weight excluding hydrogens is 349 g/mol. The minimum absolute atomic E-state index is 0.130. The molecule has 136 valence electrons. The molecule has 0 unspecified atom stereocenters. The standard InChI is InChI=1S/C18H16FN7O/c1-11-8-22-18(24-13-9-23-26(2)10-13)25-16(11)12-3-4-14(15(19)7-12)17(27)21-6-5-20/h3-4,7-10H,6H2,1-2H3,(H,21,27)(H,22,24,25). The van der Waals surface area contributed by atoms with E-state index >= 15 is 0 Å². The van der Waals surface area contributed by atoms with Gasteiger partial charge in [-0.1, -0.05) is 6.07 Å². The normalized spacial score (nSPS) is 10.3. The van der Waals surface area contributed by atoms with E-state index in [0.717, 1.165) is 11.3 Å². The van der Waals surface area contributed by atoms with Gasteiger partial charge in [-0.2, -0.15) is 10.4 Å². The number of carbonyl (C=O) groups excluding carboxylic acids is 1. The minimum Gasteiger partial charge on any atom is -0.339 e. The molecule has 27 heavy (non-hydrogen) atoms.